The normalized spacial score (nSPS) is 14.8. The molecule has 1 amide bonds. The molecule has 3 heterocycles. The number of benzene rings is 1. The van der Waals surface area contributed by atoms with Crippen molar-refractivity contribution in [2.24, 2.45) is 0 Å². The highest BCUT2D eigenvalue weighted by Crippen LogP contribution is 2.23. The number of hydrogen-bond acceptors (Lipinski definition) is 4. The third-order valence-corrected chi connectivity index (χ3v) is 5.02. The highest BCUT2D eigenvalue weighted by molar-refractivity contribution is 5.93. The topological polar surface area (TPSA) is 88.1 Å². The molecule has 1 fully saturated rings. The van der Waals surface area contributed by atoms with E-state index in [-0.39, 0.29) is 23.1 Å². The second-order valence-electron chi connectivity index (χ2n) is 6.83. The third-order valence-electron chi connectivity index (χ3n) is 5.02. The Labute approximate surface area is 161 Å². The van der Waals surface area contributed by atoms with Crippen LogP contribution < -0.4 is 11.1 Å². The van der Waals surface area contributed by atoms with Crippen molar-refractivity contribution in [1.82, 2.24) is 19.7 Å². The van der Waals surface area contributed by atoms with E-state index in [1.165, 1.54) is 18.3 Å². The molecule has 1 aliphatic heterocycles. The van der Waals surface area contributed by atoms with Gasteiger partial charge in [0.1, 0.15) is 0 Å². The van der Waals surface area contributed by atoms with Crippen LogP contribution in [0.1, 0.15) is 29.2 Å². The summed E-state index contributed by atoms with van der Waals surface area (Å²) >= 11 is 0. The minimum absolute atomic E-state index is 0.0456. The maximum atomic E-state index is 12.6. The van der Waals surface area contributed by atoms with Crippen LogP contribution in [0.4, 0.5) is 0 Å². The zero-order chi connectivity index (χ0) is 19.5. The Balaban J connectivity index is 1.49. The number of likely N-dealkylation sites (tertiary alicyclic amines) is 1. The Kier molecular flexibility index (Phi) is 4.89. The molecular formula is C21H20N4O3. The minimum Gasteiger partial charge on any atom is -0.338 e. The lowest BCUT2D eigenvalue weighted by molar-refractivity contribution is 0.0687. The van der Waals surface area contributed by atoms with Gasteiger partial charge < -0.3 is 9.88 Å². The summed E-state index contributed by atoms with van der Waals surface area (Å²) in [6.07, 6.45) is 2.74. The Morgan fingerprint density at radius 1 is 0.964 bits per heavy atom. The maximum absolute atomic E-state index is 12.6. The number of piperidine rings is 1. The van der Waals surface area contributed by atoms with E-state index in [9.17, 15) is 14.4 Å². The van der Waals surface area contributed by atoms with Gasteiger partial charge in [-0.25, -0.2) is 4.68 Å². The smallest absolute Gasteiger partial charge is 0.267 e. The Morgan fingerprint density at radius 2 is 1.71 bits per heavy atom. The van der Waals surface area contributed by atoms with Crippen molar-refractivity contribution in [3.05, 3.63) is 87.1 Å². The van der Waals surface area contributed by atoms with Crippen LogP contribution in [0.5, 0.6) is 0 Å². The van der Waals surface area contributed by atoms with E-state index in [0.29, 0.717) is 31.5 Å². The monoisotopic (exact) mass is 376 g/mol. The largest absolute Gasteiger partial charge is 0.338 e. The predicted molar refractivity (Wildman–Crippen MR) is 105 cm³/mol. The summed E-state index contributed by atoms with van der Waals surface area (Å²) in [4.78, 5) is 40.4. The Morgan fingerprint density at radius 3 is 2.39 bits per heavy atom. The summed E-state index contributed by atoms with van der Waals surface area (Å²) in [5, 5.41) is 4.56. The average molecular weight is 376 g/mol. The number of aromatic nitrogens is 3. The molecule has 1 aromatic carbocycles. The molecule has 1 saturated heterocycles. The molecule has 7 heteroatoms. The summed E-state index contributed by atoms with van der Waals surface area (Å²) in [6, 6.07) is 15.9. The number of amides is 1. The number of nitrogens with zero attached hydrogens (tertiary/aromatic N) is 3. The van der Waals surface area contributed by atoms with Crippen LogP contribution >= 0.6 is 0 Å². The zero-order valence-corrected chi connectivity index (χ0v) is 15.2. The number of H-pyrrole nitrogens is 1. The van der Waals surface area contributed by atoms with E-state index in [1.54, 1.807) is 21.7 Å². The molecule has 4 rings (SSSR count). The quantitative estimate of drug-likeness (QED) is 0.758. The van der Waals surface area contributed by atoms with Gasteiger partial charge in [0.15, 0.2) is 0 Å². The van der Waals surface area contributed by atoms with Crippen molar-refractivity contribution in [3.8, 4) is 11.3 Å². The van der Waals surface area contributed by atoms with Crippen molar-refractivity contribution in [2.45, 2.75) is 18.9 Å². The summed E-state index contributed by atoms with van der Waals surface area (Å²) in [7, 11) is 0. The number of nitrogens with one attached hydrogen (secondary N) is 1. The molecule has 0 spiro atoms. The van der Waals surface area contributed by atoms with Crippen LogP contribution in [0.2, 0.25) is 0 Å². The van der Waals surface area contributed by atoms with Gasteiger partial charge in [0.05, 0.1) is 17.3 Å². The molecule has 1 aliphatic rings. The predicted octanol–water partition coefficient (Wildman–Crippen LogP) is 2.08. The molecule has 0 unspecified atom stereocenters. The lowest BCUT2D eigenvalue weighted by atomic mass is 10.0. The van der Waals surface area contributed by atoms with Crippen molar-refractivity contribution < 1.29 is 4.79 Å². The van der Waals surface area contributed by atoms with E-state index in [1.807, 2.05) is 30.3 Å². The molecule has 0 bridgehead atoms. The number of pyridine rings is 1. The van der Waals surface area contributed by atoms with Gasteiger partial charge in [0, 0.05) is 37.0 Å². The van der Waals surface area contributed by atoms with Crippen LogP contribution in [-0.2, 0) is 0 Å². The van der Waals surface area contributed by atoms with Crippen LogP contribution in [0.15, 0.2) is 70.4 Å². The van der Waals surface area contributed by atoms with Crippen molar-refractivity contribution in [3.63, 3.8) is 0 Å². The average Bonchev–Trinajstić information content (AvgIpc) is 2.75. The Hall–Kier alpha value is -3.48. The van der Waals surface area contributed by atoms with Gasteiger partial charge in [-0.15, -0.1) is 0 Å². The van der Waals surface area contributed by atoms with E-state index in [0.717, 1.165) is 11.3 Å². The first kappa shape index (κ1) is 17.9. The van der Waals surface area contributed by atoms with E-state index >= 15 is 0 Å². The molecule has 0 radical (unpaired) electrons. The molecule has 0 atom stereocenters. The summed E-state index contributed by atoms with van der Waals surface area (Å²) in [5.41, 5.74) is 1.80. The number of rotatable bonds is 3. The molecule has 28 heavy (non-hydrogen) atoms. The van der Waals surface area contributed by atoms with Crippen LogP contribution in [0, 0.1) is 0 Å². The first-order valence-corrected chi connectivity index (χ1v) is 9.25. The first-order chi connectivity index (χ1) is 13.6. The first-order valence-electron chi connectivity index (χ1n) is 9.25. The maximum Gasteiger partial charge on any atom is 0.267 e. The van der Waals surface area contributed by atoms with Crippen molar-refractivity contribution >= 4 is 5.91 Å². The second kappa shape index (κ2) is 7.64. The highest BCUT2D eigenvalue weighted by Gasteiger charge is 2.26. The summed E-state index contributed by atoms with van der Waals surface area (Å²) in [5.74, 6) is -0.118. The van der Waals surface area contributed by atoms with E-state index in [2.05, 4.69) is 10.1 Å². The van der Waals surface area contributed by atoms with Crippen LogP contribution in [0.3, 0.4) is 0 Å². The fourth-order valence-electron chi connectivity index (χ4n) is 3.49. The molecule has 2 aromatic heterocycles. The number of carbonyl (C=O) groups is 1. The van der Waals surface area contributed by atoms with Crippen LogP contribution in [0.25, 0.3) is 11.3 Å². The molecule has 7 nitrogen and oxygen atoms in total. The summed E-state index contributed by atoms with van der Waals surface area (Å²) < 4.78 is 1.55. The van der Waals surface area contributed by atoms with E-state index < -0.39 is 0 Å². The molecule has 1 N–H and O–H groups in total. The van der Waals surface area contributed by atoms with Gasteiger partial charge in [-0.05, 0) is 25.0 Å². The lowest BCUT2D eigenvalue weighted by Crippen LogP contribution is -2.41. The second-order valence-corrected chi connectivity index (χ2v) is 6.83. The van der Waals surface area contributed by atoms with Crippen molar-refractivity contribution in [1.29, 1.82) is 0 Å². The highest BCUT2D eigenvalue weighted by atomic mass is 16.2. The van der Waals surface area contributed by atoms with Gasteiger partial charge in [-0.1, -0.05) is 30.3 Å². The molecule has 0 aliphatic carbocycles. The third kappa shape index (κ3) is 3.64. The van der Waals surface area contributed by atoms with Crippen LogP contribution in [-0.4, -0.2) is 38.7 Å². The number of hydrogen-bond donors (Lipinski definition) is 1. The fraction of sp³-hybridized carbons (Fsp3) is 0.238. The molecule has 3 aromatic rings. The fourth-order valence-corrected chi connectivity index (χ4v) is 3.49. The van der Waals surface area contributed by atoms with Gasteiger partial charge in [-0.3, -0.25) is 14.4 Å². The molecule has 0 saturated carbocycles. The lowest BCUT2D eigenvalue weighted by Gasteiger charge is -2.32. The van der Waals surface area contributed by atoms with Crippen molar-refractivity contribution in [2.75, 3.05) is 13.1 Å². The minimum atomic E-state index is -0.237. The number of aromatic amines is 1. The van der Waals surface area contributed by atoms with Gasteiger partial charge in [-0.2, -0.15) is 5.10 Å². The summed E-state index contributed by atoms with van der Waals surface area (Å²) in [6.45, 7) is 1.07. The Bertz CT molecular complexity index is 1080. The SMILES string of the molecule is O=C(c1ccc(=O)[nH]c1)N1CCC(n2nc(-c3ccccc3)ccc2=O)CC1. The van der Waals surface area contributed by atoms with Gasteiger partial charge in [0.25, 0.3) is 11.5 Å². The van der Waals surface area contributed by atoms with Gasteiger partial charge in [0.2, 0.25) is 5.56 Å². The molecular weight excluding hydrogens is 356 g/mol. The standard InChI is InChI=1S/C21H20N4O3/c26-19-8-6-16(14-22-19)21(28)24-12-10-17(11-13-24)25-20(27)9-7-18(23-25)15-4-2-1-3-5-15/h1-9,14,17H,10-13H2,(H,22,26). The number of carbonyl (C=O) groups excluding carboxylic acids is 1. The van der Waals surface area contributed by atoms with E-state index in [4.69, 9.17) is 0 Å². The van der Waals surface area contributed by atoms with Gasteiger partial charge >= 0.3 is 0 Å². The zero-order valence-electron chi connectivity index (χ0n) is 15.2. The molecule has 142 valence electrons.